The zero-order valence-electron chi connectivity index (χ0n) is 21.4. The number of hydrogen-bond donors (Lipinski definition) is 0. The number of halogens is 3. The maximum Gasteiger partial charge on any atom is 0.416 e. The summed E-state index contributed by atoms with van der Waals surface area (Å²) in [6.07, 6.45) is -3.24. The number of nitriles is 1. The minimum Gasteiger partial charge on any atom is -0.497 e. The van der Waals surface area contributed by atoms with Crippen molar-refractivity contribution in [3.05, 3.63) is 88.7 Å². The lowest BCUT2D eigenvalue weighted by Gasteiger charge is -2.32. The van der Waals surface area contributed by atoms with Crippen LogP contribution in [0.25, 0.3) is 23.0 Å². The molecular formula is C29H21F3N2O6S. The predicted octanol–water partition coefficient (Wildman–Crippen LogP) is 4.89. The summed E-state index contributed by atoms with van der Waals surface area (Å²) in [6, 6.07) is 14.6. The number of methoxy groups -OCH3 is 1. The topological polar surface area (TPSA) is 118 Å². The van der Waals surface area contributed by atoms with Crippen LogP contribution >= 0.6 is 0 Å². The molecule has 0 bridgehead atoms. The molecule has 41 heavy (non-hydrogen) atoms. The highest BCUT2D eigenvalue weighted by Gasteiger charge is 2.45. The molecule has 1 saturated heterocycles. The largest absolute Gasteiger partial charge is 0.497 e. The van der Waals surface area contributed by atoms with Gasteiger partial charge in [-0.3, -0.25) is 14.5 Å². The van der Waals surface area contributed by atoms with Crippen molar-refractivity contribution in [3.8, 4) is 23.1 Å². The van der Waals surface area contributed by atoms with Crippen molar-refractivity contribution in [2.45, 2.75) is 18.6 Å². The van der Waals surface area contributed by atoms with E-state index in [9.17, 15) is 36.4 Å². The van der Waals surface area contributed by atoms with Gasteiger partial charge in [-0.15, -0.1) is 0 Å². The lowest BCUT2D eigenvalue weighted by Crippen LogP contribution is -2.49. The molecule has 0 N–H and O–H groups in total. The normalized spacial score (nSPS) is 20.0. The minimum absolute atomic E-state index is 0.0132. The molecule has 2 aromatic carbocycles. The fourth-order valence-electron chi connectivity index (χ4n) is 4.87. The highest BCUT2D eigenvalue weighted by molar-refractivity contribution is 7.91. The number of alkyl halides is 3. The van der Waals surface area contributed by atoms with E-state index in [0.29, 0.717) is 11.3 Å². The van der Waals surface area contributed by atoms with E-state index < -0.39 is 45.2 Å². The number of carbonyl (C=O) groups is 2. The van der Waals surface area contributed by atoms with Crippen LogP contribution in [0.3, 0.4) is 0 Å². The van der Waals surface area contributed by atoms with Crippen LogP contribution in [-0.4, -0.2) is 49.8 Å². The molecule has 3 aromatic rings. The van der Waals surface area contributed by atoms with Crippen LogP contribution < -0.4 is 4.74 Å². The molecule has 5 rings (SSSR count). The van der Waals surface area contributed by atoms with Gasteiger partial charge in [0.2, 0.25) is 0 Å². The number of rotatable bonds is 5. The number of nitrogens with zero attached hydrogens (tertiary/aromatic N) is 2. The average molecular weight is 583 g/mol. The summed E-state index contributed by atoms with van der Waals surface area (Å²) in [7, 11) is -2.03. The number of amides is 2. The summed E-state index contributed by atoms with van der Waals surface area (Å²) in [5.74, 6) is -1.71. The van der Waals surface area contributed by atoms with Crippen LogP contribution in [0.5, 0.6) is 5.75 Å². The monoisotopic (exact) mass is 582 g/mol. The highest BCUT2D eigenvalue weighted by Crippen LogP contribution is 2.38. The third-order valence-corrected chi connectivity index (χ3v) is 8.60. The fraction of sp³-hybridized carbons (Fsp3) is 0.207. The van der Waals surface area contributed by atoms with Crippen molar-refractivity contribution < 1.29 is 40.3 Å². The zero-order chi connectivity index (χ0) is 29.5. The molecule has 8 nitrogen and oxygen atoms in total. The van der Waals surface area contributed by atoms with E-state index in [2.05, 4.69) is 0 Å². The number of benzene rings is 2. The second-order valence-corrected chi connectivity index (χ2v) is 11.7. The molecule has 2 aliphatic rings. The van der Waals surface area contributed by atoms with E-state index in [1.807, 2.05) is 6.07 Å². The summed E-state index contributed by atoms with van der Waals surface area (Å²) in [5, 5.41) is 10.0. The van der Waals surface area contributed by atoms with Gasteiger partial charge < -0.3 is 9.15 Å². The summed E-state index contributed by atoms with van der Waals surface area (Å²) >= 11 is 0. The van der Waals surface area contributed by atoms with Crippen LogP contribution in [0, 0.1) is 11.3 Å². The third kappa shape index (κ3) is 5.40. The Bertz CT molecular complexity index is 1760. The first-order valence-electron chi connectivity index (χ1n) is 12.3. The van der Waals surface area contributed by atoms with Gasteiger partial charge in [-0.25, -0.2) is 8.42 Å². The second-order valence-electron chi connectivity index (χ2n) is 9.47. The Morgan fingerprint density at radius 2 is 1.78 bits per heavy atom. The van der Waals surface area contributed by atoms with Crippen LogP contribution in [0.1, 0.15) is 23.3 Å². The van der Waals surface area contributed by atoms with Gasteiger partial charge in [-0.1, -0.05) is 24.3 Å². The predicted molar refractivity (Wildman–Crippen MR) is 142 cm³/mol. The molecule has 1 fully saturated rings. The Balaban J connectivity index is 1.64. The van der Waals surface area contributed by atoms with Crippen molar-refractivity contribution in [2.75, 3.05) is 18.6 Å². The molecule has 3 heterocycles. The first kappa shape index (κ1) is 27.9. The van der Waals surface area contributed by atoms with E-state index in [0.717, 1.165) is 17.0 Å². The number of furan rings is 1. The maximum absolute atomic E-state index is 13.8. The summed E-state index contributed by atoms with van der Waals surface area (Å²) in [5.41, 5.74) is -0.831. The van der Waals surface area contributed by atoms with Crippen LogP contribution in [0.4, 0.5) is 13.2 Å². The molecule has 0 spiro atoms. The Hall–Kier alpha value is -4.63. The van der Waals surface area contributed by atoms with Crippen molar-refractivity contribution in [2.24, 2.45) is 0 Å². The molecule has 1 unspecified atom stereocenters. The lowest BCUT2D eigenvalue weighted by molar-refractivity contribution is -0.142. The van der Waals surface area contributed by atoms with Crippen molar-refractivity contribution in [1.29, 1.82) is 5.26 Å². The minimum atomic E-state index is -4.56. The molecule has 2 amide bonds. The Morgan fingerprint density at radius 1 is 1.05 bits per heavy atom. The van der Waals surface area contributed by atoms with E-state index in [4.69, 9.17) is 9.15 Å². The van der Waals surface area contributed by atoms with Crippen molar-refractivity contribution >= 4 is 33.3 Å². The summed E-state index contributed by atoms with van der Waals surface area (Å²) in [6.45, 7) is 0. The van der Waals surface area contributed by atoms with E-state index >= 15 is 0 Å². The molecule has 12 heteroatoms. The third-order valence-electron chi connectivity index (χ3n) is 6.85. The summed E-state index contributed by atoms with van der Waals surface area (Å²) < 4.78 is 74.9. The first-order valence-corrected chi connectivity index (χ1v) is 14.1. The van der Waals surface area contributed by atoms with Gasteiger partial charge in [0.15, 0.2) is 9.84 Å². The molecule has 1 aromatic heterocycles. The molecule has 210 valence electrons. The van der Waals surface area contributed by atoms with Gasteiger partial charge in [-0.05, 0) is 54.5 Å². The van der Waals surface area contributed by atoms with E-state index in [1.54, 1.807) is 24.3 Å². The number of imide groups is 1. The molecular weight excluding hydrogens is 561 g/mol. The fourth-order valence-corrected chi connectivity index (χ4v) is 6.57. The maximum atomic E-state index is 13.8. The molecule has 0 aliphatic carbocycles. The highest BCUT2D eigenvalue weighted by atomic mass is 32.2. The smallest absolute Gasteiger partial charge is 0.416 e. The first-order chi connectivity index (χ1) is 19.4. The Labute approximate surface area is 232 Å². The zero-order valence-corrected chi connectivity index (χ0v) is 22.3. The van der Waals surface area contributed by atoms with Gasteiger partial charge >= 0.3 is 6.18 Å². The van der Waals surface area contributed by atoms with Crippen LogP contribution in [-0.2, 0) is 25.6 Å². The van der Waals surface area contributed by atoms with Gasteiger partial charge in [0, 0.05) is 11.1 Å². The molecule has 2 aliphatic heterocycles. The lowest BCUT2D eigenvalue weighted by atomic mass is 9.87. The van der Waals surface area contributed by atoms with Gasteiger partial charge in [0.1, 0.15) is 28.9 Å². The van der Waals surface area contributed by atoms with E-state index in [1.165, 1.54) is 37.5 Å². The van der Waals surface area contributed by atoms with E-state index in [-0.39, 0.29) is 46.0 Å². The summed E-state index contributed by atoms with van der Waals surface area (Å²) in [4.78, 5) is 28.1. The standard InChI is InChI=1S/C29H21F3N2O6S/c1-39-21-7-5-17(6-8-21)26-23(27(35)34(28(36)24(26)15-33)20-11-12-41(37,38)16-20)14-22-9-10-25(40-22)18-3-2-4-19(13-18)29(30,31)32/h2-10,13-14,20H,11-12,16H2,1H3/b23-14-. The number of carbonyl (C=O) groups excluding carboxylic acids is 2. The number of ether oxygens (including phenoxy) is 1. The van der Waals surface area contributed by atoms with Crippen LogP contribution in [0.2, 0.25) is 0 Å². The SMILES string of the molecule is COc1ccc(C2=C(C#N)C(=O)N(C3CCS(=O)(=O)C3)C(=O)/C2=C\c2ccc(-c3cccc(C(F)(F)F)c3)o2)cc1. The average Bonchev–Trinajstić information content (AvgIpc) is 3.55. The van der Waals surface area contributed by atoms with Gasteiger partial charge in [0.25, 0.3) is 11.8 Å². The molecule has 0 radical (unpaired) electrons. The van der Waals surface area contributed by atoms with Crippen molar-refractivity contribution in [1.82, 2.24) is 4.90 Å². The quantitative estimate of drug-likeness (QED) is 0.311. The second kappa shape index (κ2) is 10.4. The van der Waals surface area contributed by atoms with Crippen molar-refractivity contribution in [3.63, 3.8) is 0 Å². The Kier molecular flexibility index (Phi) is 7.08. The number of sulfone groups is 1. The molecule has 0 saturated carbocycles. The van der Waals surface area contributed by atoms with Gasteiger partial charge in [0.05, 0.1) is 35.8 Å². The molecule has 1 atom stereocenters. The number of hydrogen-bond acceptors (Lipinski definition) is 7. The van der Waals surface area contributed by atoms with Gasteiger partial charge in [-0.2, -0.15) is 18.4 Å². The Morgan fingerprint density at radius 3 is 2.39 bits per heavy atom. The van der Waals surface area contributed by atoms with Crippen LogP contribution in [0.15, 0.2) is 76.2 Å².